The van der Waals surface area contributed by atoms with Gasteiger partial charge in [-0.15, -0.1) is 5.10 Å². The normalized spacial score (nSPS) is 10.4. The minimum absolute atomic E-state index is 0.724. The smallest absolute Gasteiger partial charge is 0.113 e. The molecule has 0 saturated carbocycles. The van der Waals surface area contributed by atoms with Crippen LogP contribution in [0, 0.1) is 0 Å². The van der Waals surface area contributed by atoms with E-state index in [2.05, 4.69) is 10.3 Å². The third kappa shape index (κ3) is 1.96. The summed E-state index contributed by atoms with van der Waals surface area (Å²) in [5.74, 6) is 0. The number of nitrogens with two attached hydrogens (primary N) is 1. The molecular formula is C14H12N4. The zero-order chi connectivity index (χ0) is 12.4. The van der Waals surface area contributed by atoms with Gasteiger partial charge in [-0.3, -0.25) is 0 Å². The fourth-order valence-electron chi connectivity index (χ4n) is 1.80. The van der Waals surface area contributed by atoms with E-state index in [-0.39, 0.29) is 0 Å². The molecule has 0 spiro atoms. The first-order chi connectivity index (χ1) is 8.83. The zero-order valence-electron chi connectivity index (χ0n) is 9.69. The number of benzene rings is 2. The molecule has 88 valence electrons. The van der Waals surface area contributed by atoms with Crippen molar-refractivity contribution in [3.63, 3.8) is 0 Å². The Bertz CT molecular complexity index is 658. The number of para-hydroxylation sites is 1. The fraction of sp³-hybridized carbons (Fsp3) is 0. The van der Waals surface area contributed by atoms with Gasteiger partial charge in [-0.2, -0.15) is 0 Å². The molecule has 0 atom stereocenters. The summed E-state index contributed by atoms with van der Waals surface area (Å²) < 4.78 is 1.75. The molecule has 0 radical (unpaired) electrons. The van der Waals surface area contributed by atoms with Crippen molar-refractivity contribution in [3.05, 3.63) is 60.8 Å². The Labute approximate surface area is 105 Å². The van der Waals surface area contributed by atoms with Crippen LogP contribution in [0.25, 0.3) is 16.9 Å². The zero-order valence-corrected chi connectivity index (χ0v) is 9.69. The molecule has 1 heterocycles. The van der Waals surface area contributed by atoms with Crippen molar-refractivity contribution in [3.8, 4) is 16.9 Å². The maximum Gasteiger partial charge on any atom is 0.113 e. The standard InChI is InChI=1S/C14H12N4/c15-12-6-4-5-11(9-12)14-10-18(17-16-14)13-7-2-1-3-8-13/h1-10H,15H2. The summed E-state index contributed by atoms with van der Waals surface area (Å²) in [5.41, 5.74) is 9.25. The first kappa shape index (κ1) is 10.5. The van der Waals surface area contributed by atoms with Crippen molar-refractivity contribution >= 4 is 5.69 Å². The second-order valence-corrected chi connectivity index (χ2v) is 4.01. The van der Waals surface area contributed by atoms with E-state index in [1.165, 1.54) is 0 Å². The fourth-order valence-corrected chi connectivity index (χ4v) is 1.80. The topological polar surface area (TPSA) is 56.7 Å². The quantitative estimate of drug-likeness (QED) is 0.695. The number of anilines is 1. The lowest BCUT2D eigenvalue weighted by molar-refractivity contribution is 0.804. The first-order valence-corrected chi connectivity index (χ1v) is 5.66. The van der Waals surface area contributed by atoms with Gasteiger partial charge < -0.3 is 5.73 Å². The van der Waals surface area contributed by atoms with Crippen molar-refractivity contribution in [2.45, 2.75) is 0 Å². The Kier molecular flexibility index (Phi) is 2.53. The van der Waals surface area contributed by atoms with Crippen LogP contribution >= 0.6 is 0 Å². The van der Waals surface area contributed by atoms with Gasteiger partial charge in [0.05, 0.1) is 11.9 Å². The number of aromatic nitrogens is 3. The number of rotatable bonds is 2. The Balaban J connectivity index is 2.00. The number of hydrogen-bond donors (Lipinski definition) is 1. The average molecular weight is 236 g/mol. The van der Waals surface area contributed by atoms with Gasteiger partial charge in [-0.25, -0.2) is 4.68 Å². The van der Waals surface area contributed by atoms with Crippen LogP contribution in [0.5, 0.6) is 0 Å². The van der Waals surface area contributed by atoms with Crippen molar-refractivity contribution in [1.29, 1.82) is 0 Å². The minimum atomic E-state index is 0.724. The highest BCUT2D eigenvalue weighted by Gasteiger charge is 2.04. The van der Waals surface area contributed by atoms with E-state index >= 15 is 0 Å². The van der Waals surface area contributed by atoms with Gasteiger partial charge in [0.2, 0.25) is 0 Å². The monoisotopic (exact) mass is 236 g/mol. The molecule has 0 unspecified atom stereocenters. The Morgan fingerprint density at radius 3 is 2.56 bits per heavy atom. The number of hydrogen-bond acceptors (Lipinski definition) is 3. The van der Waals surface area contributed by atoms with E-state index in [4.69, 9.17) is 5.73 Å². The second-order valence-electron chi connectivity index (χ2n) is 4.01. The summed E-state index contributed by atoms with van der Waals surface area (Å²) >= 11 is 0. The van der Waals surface area contributed by atoms with Gasteiger partial charge >= 0.3 is 0 Å². The van der Waals surface area contributed by atoms with Crippen LogP contribution < -0.4 is 5.73 Å². The average Bonchev–Trinajstić information content (AvgIpc) is 2.89. The highest BCUT2D eigenvalue weighted by atomic mass is 15.4. The van der Waals surface area contributed by atoms with Crippen LogP contribution in [-0.4, -0.2) is 15.0 Å². The molecule has 0 amide bonds. The maximum atomic E-state index is 5.76. The van der Waals surface area contributed by atoms with Gasteiger partial charge in [0.1, 0.15) is 5.69 Å². The van der Waals surface area contributed by atoms with Crippen LogP contribution in [0.1, 0.15) is 0 Å². The van der Waals surface area contributed by atoms with E-state index in [9.17, 15) is 0 Å². The lowest BCUT2D eigenvalue weighted by Gasteiger charge is -1.98. The molecule has 2 N–H and O–H groups in total. The predicted octanol–water partition coefficient (Wildman–Crippen LogP) is 2.52. The van der Waals surface area contributed by atoms with Crippen molar-refractivity contribution in [2.24, 2.45) is 0 Å². The predicted molar refractivity (Wildman–Crippen MR) is 71.2 cm³/mol. The third-order valence-corrected chi connectivity index (χ3v) is 2.70. The maximum absolute atomic E-state index is 5.76. The second kappa shape index (κ2) is 4.33. The molecule has 4 nitrogen and oxygen atoms in total. The summed E-state index contributed by atoms with van der Waals surface area (Å²) in [6.45, 7) is 0. The van der Waals surface area contributed by atoms with Gasteiger partial charge in [-0.05, 0) is 24.3 Å². The molecule has 3 rings (SSSR count). The van der Waals surface area contributed by atoms with Crippen molar-refractivity contribution < 1.29 is 0 Å². The van der Waals surface area contributed by atoms with Gasteiger partial charge in [0.25, 0.3) is 0 Å². The molecule has 18 heavy (non-hydrogen) atoms. The molecule has 0 aliphatic heterocycles. The lowest BCUT2D eigenvalue weighted by atomic mass is 10.1. The van der Waals surface area contributed by atoms with Crippen LogP contribution in [0.15, 0.2) is 60.8 Å². The SMILES string of the molecule is Nc1cccc(-c2cn(-c3ccccc3)nn2)c1. The first-order valence-electron chi connectivity index (χ1n) is 5.66. The van der Waals surface area contributed by atoms with Crippen LogP contribution in [0.4, 0.5) is 5.69 Å². The minimum Gasteiger partial charge on any atom is -0.399 e. The van der Waals surface area contributed by atoms with Crippen LogP contribution in [-0.2, 0) is 0 Å². The molecule has 0 bridgehead atoms. The summed E-state index contributed by atoms with van der Waals surface area (Å²) in [5, 5.41) is 8.28. The molecule has 2 aromatic carbocycles. The third-order valence-electron chi connectivity index (χ3n) is 2.70. The summed E-state index contributed by atoms with van der Waals surface area (Å²) in [6, 6.07) is 17.5. The Hall–Kier alpha value is -2.62. The summed E-state index contributed by atoms with van der Waals surface area (Å²) in [7, 11) is 0. The Morgan fingerprint density at radius 2 is 1.78 bits per heavy atom. The molecule has 0 aliphatic rings. The highest BCUT2D eigenvalue weighted by molar-refractivity contribution is 5.63. The van der Waals surface area contributed by atoms with E-state index in [0.29, 0.717) is 0 Å². The molecule has 3 aromatic rings. The van der Waals surface area contributed by atoms with Crippen molar-refractivity contribution in [2.75, 3.05) is 5.73 Å². The van der Waals surface area contributed by atoms with Crippen LogP contribution in [0.2, 0.25) is 0 Å². The largest absolute Gasteiger partial charge is 0.399 e. The number of nitrogens with zero attached hydrogens (tertiary/aromatic N) is 3. The summed E-state index contributed by atoms with van der Waals surface area (Å²) in [4.78, 5) is 0. The van der Waals surface area contributed by atoms with E-state index in [0.717, 1.165) is 22.6 Å². The Morgan fingerprint density at radius 1 is 0.944 bits per heavy atom. The van der Waals surface area contributed by atoms with Crippen molar-refractivity contribution in [1.82, 2.24) is 15.0 Å². The van der Waals surface area contributed by atoms with Gasteiger partial charge in [0, 0.05) is 11.3 Å². The van der Waals surface area contributed by atoms with Gasteiger partial charge in [-0.1, -0.05) is 35.5 Å². The summed E-state index contributed by atoms with van der Waals surface area (Å²) in [6.07, 6.45) is 1.89. The molecule has 1 aromatic heterocycles. The molecular weight excluding hydrogens is 224 g/mol. The van der Waals surface area contributed by atoms with E-state index < -0.39 is 0 Å². The molecule has 4 heteroatoms. The van der Waals surface area contributed by atoms with Crippen LogP contribution in [0.3, 0.4) is 0 Å². The molecule has 0 aliphatic carbocycles. The molecule has 0 saturated heterocycles. The van der Waals surface area contributed by atoms with Gasteiger partial charge in [0.15, 0.2) is 0 Å². The van der Waals surface area contributed by atoms with E-state index in [1.54, 1.807) is 4.68 Å². The number of nitrogen functional groups attached to an aromatic ring is 1. The lowest BCUT2D eigenvalue weighted by Crippen LogP contribution is -1.93. The molecule has 0 fully saturated rings. The van der Waals surface area contributed by atoms with E-state index in [1.807, 2.05) is 60.8 Å². The highest BCUT2D eigenvalue weighted by Crippen LogP contribution is 2.19.